The van der Waals surface area contributed by atoms with Gasteiger partial charge in [-0.2, -0.15) is 0 Å². The molecule has 0 unspecified atom stereocenters. The van der Waals surface area contributed by atoms with Crippen molar-refractivity contribution in [3.8, 4) is 11.6 Å². The predicted molar refractivity (Wildman–Crippen MR) is 89.1 cm³/mol. The van der Waals surface area contributed by atoms with Gasteiger partial charge in [0.05, 0.1) is 22.1 Å². The Morgan fingerprint density at radius 3 is 2.35 bits per heavy atom. The van der Waals surface area contributed by atoms with Gasteiger partial charge in [0.15, 0.2) is 11.6 Å². The molecule has 0 saturated heterocycles. The van der Waals surface area contributed by atoms with Gasteiger partial charge in [-0.25, -0.2) is 4.98 Å². The van der Waals surface area contributed by atoms with Crippen LogP contribution in [0.3, 0.4) is 0 Å². The highest BCUT2D eigenvalue weighted by molar-refractivity contribution is 6.20. The summed E-state index contributed by atoms with van der Waals surface area (Å²) in [5.41, 5.74) is 3.58. The molecule has 0 spiro atoms. The molecule has 5 aromatic rings. The summed E-state index contributed by atoms with van der Waals surface area (Å²) in [5.74, 6) is 2.31. The summed E-state index contributed by atoms with van der Waals surface area (Å²) in [4.78, 5) is 17.2. The average molecular weight is 300 g/mol. The number of aromatic nitrogens is 4. The second-order valence-corrected chi connectivity index (χ2v) is 5.52. The zero-order chi connectivity index (χ0) is 15.4. The monoisotopic (exact) mass is 300 g/mol. The number of imidazole rings is 1. The molecular formula is C18H12N4O. The van der Waals surface area contributed by atoms with Crippen LogP contribution in [0.25, 0.3) is 44.4 Å². The maximum absolute atomic E-state index is 5.70. The number of fused-ring (bicyclic) bond motifs is 6. The molecule has 5 rings (SSSR count). The van der Waals surface area contributed by atoms with Gasteiger partial charge in [0.1, 0.15) is 5.76 Å². The van der Waals surface area contributed by atoms with Crippen molar-refractivity contribution in [2.45, 2.75) is 6.92 Å². The molecule has 110 valence electrons. The van der Waals surface area contributed by atoms with Gasteiger partial charge in [-0.05, 0) is 43.3 Å². The number of pyridine rings is 2. The summed E-state index contributed by atoms with van der Waals surface area (Å²) in [6, 6.07) is 11.8. The quantitative estimate of drug-likeness (QED) is 0.470. The van der Waals surface area contributed by atoms with Crippen LogP contribution in [0.15, 0.2) is 53.2 Å². The molecule has 23 heavy (non-hydrogen) atoms. The molecule has 0 fully saturated rings. The molecule has 0 saturated carbocycles. The maximum atomic E-state index is 5.70. The minimum Gasteiger partial charge on any atom is -0.458 e. The van der Waals surface area contributed by atoms with E-state index in [4.69, 9.17) is 9.40 Å². The van der Waals surface area contributed by atoms with E-state index in [9.17, 15) is 0 Å². The van der Waals surface area contributed by atoms with Crippen molar-refractivity contribution >= 4 is 32.8 Å². The first-order chi connectivity index (χ1) is 11.3. The van der Waals surface area contributed by atoms with Crippen molar-refractivity contribution in [1.82, 2.24) is 19.9 Å². The minimum absolute atomic E-state index is 0.717. The number of nitrogens with zero attached hydrogens (tertiary/aromatic N) is 3. The Bertz CT molecular complexity index is 1110. The van der Waals surface area contributed by atoms with Gasteiger partial charge in [0, 0.05) is 23.2 Å². The predicted octanol–water partition coefficient (Wildman–Crippen LogP) is 4.23. The number of aryl methyl sites for hydroxylation is 1. The first kappa shape index (κ1) is 12.3. The number of H-pyrrole nitrogens is 1. The van der Waals surface area contributed by atoms with Crippen molar-refractivity contribution in [1.29, 1.82) is 0 Å². The number of benzene rings is 1. The Balaban J connectivity index is 1.98. The number of furan rings is 1. The summed E-state index contributed by atoms with van der Waals surface area (Å²) in [6.07, 6.45) is 3.57. The molecule has 0 aliphatic heterocycles. The van der Waals surface area contributed by atoms with E-state index >= 15 is 0 Å². The summed E-state index contributed by atoms with van der Waals surface area (Å²) in [7, 11) is 0. The highest BCUT2D eigenvalue weighted by Gasteiger charge is 2.16. The third-order valence-corrected chi connectivity index (χ3v) is 4.04. The standard InChI is InChI=1S/C18H12N4O/c1-10-6-7-13(23-10)18-21-16-11-4-2-8-19-14(11)15-12(17(16)22-18)5-3-9-20-15/h2-9H,1H3,(H,21,22). The molecule has 0 radical (unpaired) electrons. The third-order valence-electron chi connectivity index (χ3n) is 4.04. The van der Waals surface area contributed by atoms with Gasteiger partial charge in [-0.1, -0.05) is 0 Å². The lowest BCUT2D eigenvalue weighted by atomic mass is 10.1. The van der Waals surface area contributed by atoms with Gasteiger partial charge in [0.2, 0.25) is 0 Å². The maximum Gasteiger partial charge on any atom is 0.174 e. The summed E-state index contributed by atoms with van der Waals surface area (Å²) in [6.45, 7) is 1.92. The zero-order valence-electron chi connectivity index (χ0n) is 12.4. The zero-order valence-corrected chi connectivity index (χ0v) is 12.4. The lowest BCUT2D eigenvalue weighted by Crippen LogP contribution is -1.86. The van der Waals surface area contributed by atoms with E-state index < -0.39 is 0 Å². The molecule has 1 N–H and O–H groups in total. The Kier molecular flexibility index (Phi) is 2.36. The van der Waals surface area contributed by atoms with Crippen LogP contribution in [0.2, 0.25) is 0 Å². The van der Waals surface area contributed by atoms with Gasteiger partial charge >= 0.3 is 0 Å². The summed E-state index contributed by atoms with van der Waals surface area (Å²) in [5, 5.41) is 2.00. The molecule has 1 aromatic carbocycles. The lowest BCUT2D eigenvalue weighted by Gasteiger charge is -2.03. The molecule has 4 heterocycles. The Labute approximate surface area is 131 Å². The smallest absolute Gasteiger partial charge is 0.174 e. The van der Waals surface area contributed by atoms with Gasteiger partial charge in [-0.15, -0.1) is 0 Å². The molecule has 0 bridgehead atoms. The van der Waals surface area contributed by atoms with E-state index in [1.807, 2.05) is 43.3 Å². The molecule has 5 nitrogen and oxygen atoms in total. The second-order valence-electron chi connectivity index (χ2n) is 5.52. The third kappa shape index (κ3) is 1.70. The van der Waals surface area contributed by atoms with Crippen molar-refractivity contribution in [3.05, 3.63) is 54.6 Å². The van der Waals surface area contributed by atoms with E-state index in [2.05, 4.69) is 15.0 Å². The fourth-order valence-corrected chi connectivity index (χ4v) is 3.02. The Morgan fingerprint density at radius 1 is 0.870 bits per heavy atom. The molecule has 5 heteroatoms. The summed E-state index contributed by atoms with van der Waals surface area (Å²) >= 11 is 0. The fourth-order valence-electron chi connectivity index (χ4n) is 3.02. The number of hydrogen-bond acceptors (Lipinski definition) is 4. The second kappa shape index (κ2) is 4.39. The van der Waals surface area contributed by atoms with E-state index in [1.165, 1.54) is 0 Å². The van der Waals surface area contributed by atoms with Gasteiger partial charge in [-0.3, -0.25) is 9.97 Å². The van der Waals surface area contributed by atoms with Crippen molar-refractivity contribution in [2.24, 2.45) is 0 Å². The molecule has 0 aliphatic rings. The van der Waals surface area contributed by atoms with Crippen LogP contribution < -0.4 is 0 Å². The Morgan fingerprint density at radius 2 is 1.61 bits per heavy atom. The van der Waals surface area contributed by atoms with Crippen LogP contribution in [0.5, 0.6) is 0 Å². The lowest BCUT2D eigenvalue weighted by molar-refractivity contribution is 0.545. The van der Waals surface area contributed by atoms with Crippen molar-refractivity contribution in [2.75, 3.05) is 0 Å². The van der Waals surface area contributed by atoms with Gasteiger partial charge in [0.25, 0.3) is 0 Å². The van der Waals surface area contributed by atoms with E-state index in [1.54, 1.807) is 12.4 Å². The van der Waals surface area contributed by atoms with Crippen LogP contribution in [0.1, 0.15) is 5.76 Å². The van der Waals surface area contributed by atoms with Crippen LogP contribution >= 0.6 is 0 Å². The van der Waals surface area contributed by atoms with Crippen molar-refractivity contribution in [3.63, 3.8) is 0 Å². The summed E-state index contributed by atoms with van der Waals surface area (Å²) < 4.78 is 5.70. The van der Waals surface area contributed by atoms with Crippen LogP contribution in [0.4, 0.5) is 0 Å². The van der Waals surface area contributed by atoms with Gasteiger partial charge < -0.3 is 9.40 Å². The SMILES string of the molecule is Cc1ccc(-c2nc3c4cccnc4c4ncccc4c3[nH]2)o1. The molecule has 0 atom stereocenters. The molecular weight excluding hydrogens is 288 g/mol. The van der Waals surface area contributed by atoms with Crippen LogP contribution in [-0.4, -0.2) is 19.9 Å². The van der Waals surface area contributed by atoms with E-state index in [-0.39, 0.29) is 0 Å². The first-order valence-corrected chi connectivity index (χ1v) is 7.39. The first-order valence-electron chi connectivity index (χ1n) is 7.39. The number of aromatic amines is 1. The van der Waals surface area contributed by atoms with E-state index in [0.29, 0.717) is 0 Å². The minimum atomic E-state index is 0.717. The number of hydrogen-bond donors (Lipinski definition) is 1. The molecule has 0 amide bonds. The number of rotatable bonds is 1. The number of nitrogens with one attached hydrogen (secondary N) is 1. The van der Waals surface area contributed by atoms with E-state index in [0.717, 1.165) is 50.2 Å². The largest absolute Gasteiger partial charge is 0.458 e. The van der Waals surface area contributed by atoms with Crippen LogP contribution in [0, 0.1) is 6.92 Å². The Hall–Kier alpha value is -3.21. The normalized spacial score (nSPS) is 11.7. The highest BCUT2D eigenvalue weighted by atomic mass is 16.3. The molecule has 4 aromatic heterocycles. The topological polar surface area (TPSA) is 67.6 Å². The fraction of sp³-hybridized carbons (Fsp3) is 0.0556. The molecule has 0 aliphatic carbocycles. The van der Waals surface area contributed by atoms with Crippen LogP contribution in [-0.2, 0) is 0 Å². The highest BCUT2D eigenvalue weighted by Crippen LogP contribution is 2.33. The average Bonchev–Trinajstić information content (AvgIpc) is 3.21. The van der Waals surface area contributed by atoms with Crippen molar-refractivity contribution < 1.29 is 4.42 Å².